The molecule has 0 aliphatic carbocycles. The van der Waals surface area contributed by atoms with Crippen molar-refractivity contribution >= 4 is 36.0 Å². The number of nitrogens with one attached hydrogen (secondary N) is 1. The standard InChI is InChI=1S/C44H34ClNO12.CH2O/c1-51-39-22-34(47)37(24-41(39)53-3)56-36-20-13-29(21-33(36)45)43(49)46-30-14-7-26(8-15-30)5-6-27-9-16-31(17-10-27)55-44(50)28-11-18-32(19-12-28)57-58-38-25-42(54-4)40(52-2)23-35(38)48;1-2/h7-25,47-48H,1-4H3,(H,46,49);1H2. The Kier molecular flexibility index (Phi) is 14.7. The number of amides is 1. The van der Waals surface area contributed by atoms with Crippen LogP contribution in [0.15, 0.2) is 115 Å². The smallest absolute Gasteiger partial charge is 0.343 e. The number of aromatic hydroxyl groups is 2. The van der Waals surface area contributed by atoms with Gasteiger partial charge in [0, 0.05) is 46.6 Å². The third-order valence-electron chi connectivity index (χ3n) is 8.22. The number of esters is 1. The number of methoxy groups -OCH3 is 4. The van der Waals surface area contributed by atoms with Crippen molar-refractivity contribution in [2.24, 2.45) is 0 Å². The first-order valence-corrected chi connectivity index (χ1v) is 17.8. The summed E-state index contributed by atoms with van der Waals surface area (Å²) in [6.45, 7) is 2.00. The number of hydrogen-bond donors (Lipinski definition) is 3. The normalized spacial score (nSPS) is 10.0. The predicted octanol–water partition coefficient (Wildman–Crippen LogP) is 8.64. The number of carbonyl (C=O) groups excluding carboxylic acids is 3. The van der Waals surface area contributed by atoms with Crippen LogP contribution < -0.4 is 43.5 Å². The van der Waals surface area contributed by atoms with E-state index in [4.69, 9.17) is 54.6 Å². The highest BCUT2D eigenvalue weighted by molar-refractivity contribution is 6.32. The van der Waals surface area contributed by atoms with Gasteiger partial charge >= 0.3 is 5.97 Å². The number of halogens is 1. The van der Waals surface area contributed by atoms with Crippen molar-refractivity contribution in [3.05, 3.63) is 143 Å². The average molecular weight is 834 g/mol. The number of phenols is 2. The maximum absolute atomic E-state index is 13.0. The second-order valence-corrected chi connectivity index (χ2v) is 12.4. The van der Waals surface area contributed by atoms with Gasteiger partial charge < -0.3 is 48.7 Å². The Balaban J connectivity index is 0.00000336. The summed E-state index contributed by atoms with van der Waals surface area (Å²) in [6, 6.07) is 29.8. The summed E-state index contributed by atoms with van der Waals surface area (Å²) in [6.07, 6.45) is 0. The van der Waals surface area contributed by atoms with Crippen LogP contribution in [0.1, 0.15) is 31.8 Å². The lowest BCUT2D eigenvalue weighted by atomic mass is 10.1. The van der Waals surface area contributed by atoms with Crippen LogP contribution in [0.5, 0.6) is 63.2 Å². The van der Waals surface area contributed by atoms with Gasteiger partial charge in [0.15, 0.2) is 46.0 Å². The lowest BCUT2D eigenvalue weighted by Crippen LogP contribution is -2.11. The monoisotopic (exact) mass is 833 g/mol. The first-order chi connectivity index (χ1) is 29.1. The largest absolute Gasteiger partial charge is 0.504 e. The second kappa shape index (κ2) is 20.4. The summed E-state index contributed by atoms with van der Waals surface area (Å²) in [5, 5.41) is 23.5. The van der Waals surface area contributed by atoms with Crippen LogP contribution in [0, 0.1) is 11.8 Å². The predicted molar refractivity (Wildman–Crippen MR) is 221 cm³/mol. The molecular formula is C45H36ClNO13. The maximum Gasteiger partial charge on any atom is 0.343 e. The van der Waals surface area contributed by atoms with E-state index in [9.17, 15) is 19.8 Å². The van der Waals surface area contributed by atoms with Gasteiger partial charge in [-0.1, -0.05) is 23.4 Å². The Morgan fingerprint density at radius 1 is 0.550 bits per heavy atom. The highest BCUT2D eigenvalue weighted by atomic mass is 35.5. The number of anilines is 1. The van der Waals surface area contributed by atoms with E-state index < -0.39 is 11.9 Å². The van der Waals surface area contributed by atoms with Crippen molar-refractivity contribution in [2.45, 2.75) is 0 Å². The molecule has 0 spiro atoms. The molecule has 306 valence electrons. The van der Waals surface area contributed by atoms with Crippen LogP contribution in [0.2, 0.25) is 5.02 Å². The molecule has 6 aromatic rings. The first-order valence-electron chi connectivity index (χ1n) is 17.4. The molecule has 0 aliphatic heterocycles. The summed E-state index contributed by atoms with van der Waals surface area (Å²) >= 11 is 6.42. The Morgan fingerprint density at radius 2 is 1.03 bits per heavy atom. The lowest BCUT2D eigenvalue weighted by Gasteiger charge is -2.14. The van der Waals surface area contributed by atoms with Gasteiger partial charge in [-0.15, -0.1) is 0 Å². The zero-order valence-corrected chi connectivity index (χ0v) is 33.2. The number of phenolic OH excluding ortho intramolecular Hbond substituents is 2. The summed E-state index contributed by atoms with van der Waals surface area (Å²) in [5.41, 5.74) is 2.49. The molecule has 0 unspecified atom stereocenters. The van der Waals surface area contributed by atoms with Crippen LogP contribution in [0.25, 0.3) is 0 Å². The van der Waals surface area contributed by atoms with E-state index in [-0.39, 0.29) is 50.6 Å². The fourth-order valence-electron chi connectivity index (χ4n) is 5.19. The summed E-state index contributed by atoms with van der Waals surface area (Å²) < 4.78 is 32.1. The van der Waals surface area contributed by atoms with Crippen LogP contribution in [0.4, 0.5) is 5.69 Å². The topological polar surface area (TPSA) is 178 Å². The Bertz CT molecular complexity index is 2510. The van der Waals surface area contributed by atoms with Crippen LogP contribution in [-0.2, 0) is 4.79 Å². The van der Waals surface area contributed by atoms with Crippen molar-refractivity contribution in [1.29, 1.82) is 0 Å². The quantitative estimate of drug-likeness (QED) is 0.0332. The minimum Gasteiger partial charge on any atom is -0.504 e. The molecule has 0 aromatic heterocycles. The zero-order chi connectivity index (χ0) is 43.2. The van der Waals surface area contributed by atoms with Crippen molar-refractivity contribution < 1.29 is 62.8 Å². The van der Waals surface area contributed by atoms with Gasteiger partial charge in [0.2, 0.25) is 5.75 Å². The van der Waals surface area contributed by atoms with Gasteiger partial charge in [0.05, 0.1) is 39.0 Å². The molecule has 0 bridgehead atoms. The summed E-state index contributed by atoms with van der Waals surface area (Å²) in [7, 11) is 5.80. The van der Waals surface area contributed by atoms with Crippen molar-refractivity contribution in [3.63, 3.8) is 0 Å². The molecule has 0 saturated carbocycles. The lowest BCUT2D eigenvalue weighted by molar-refractivity contribution is -0.102. The molecule has 6 rings (SSSR count). The highest BCUT2D eigenvalue weighted by Crippen LogP contribution is 2.42. The molecule has 6 aromatic carbocycles. The summed E-state index contributed by atoms with van der Waals surface area (Å²) in [4.78, 5) is 44.3. The summed E-state index contributed by atoms with van der Waals surface area (Å²) in [5.74, 6) is 7.00. The van der Waals surface area contributed by atoms with E-state index in [1.54, 1.807) is 54.6 Å². The van der Waals surface area contributed by atoms with Crippen molar-refractivity contribution in [2.75, 3.05) is 33.8 Å². The van der Waals surface area contributed by atoms with Gasteiger partial charge in [-0.25, -0.2) is 4.79 Å². The molecular weight excluding hydrogens is 798 g/mol. The van der Waals surface area contributed by atoms with E-state index in [1.165, 1.54) is 89.1 Å². The molecule has 60 heavy (non-hydrogen) atoms. The van der Waals surface area contributed by atoms with E-state index in [0.717, 1.165) is 0 Å². The van der Waals surface area contributed by atoms with E-state index in [2.05, 4.69) is 17.2 Å². The SMILES string of the molecule is C=O.COc1cc(O)c(OOc2ccc(C(=O)Oc3ccc(C#Cc4ccc(NC(=O)c5ccc(Oc6cc(OC)c(OC)cc6O)c(Cl)c5)cc4)cc3)cc2)cc1OC. The minimum absolute atomic E-state index is 0.00399. The third-order valence-corrected chi connectivity index (χ3v) is 8.52. The fourth-order valence-corrected chi connectivity index (χ4v) is 5.41. The van der Waals surface area contributed by atoms with E-state index in [0.29, 0.717) is 45.6 Å². The molecule has 0 heterocycles. The minimum atomic E-state index is -0.586. The van der Waals surface area contributed by atoms with Gasteiger partial charge in [0.25, 0.3) is 5.91 Å². The van der Waals surface area contributed by atoms with E-state index >= 15 is 0 Å². The van der Waals surface area contributed by atoms with Gasteiger partial charge in [-0.2, -0.15) is 0 Å². The number of hydrogen-bond acceptors (Lipinski definition) is 13. The van der Waals surface area contributed by atoms with Gasteiger partial charge in [0.1, 0.15) is 18.3 Å². The number of rotatable bonds is 13. The maximum atomic E-state index is 13.0. The number of benzene rings is 6. The Morgan fingerprint density at radius 3 is 1.58 bits per heavy atom. The van der Waals surface area contributed by atoms with Crippen molar-refractivity contribution in [1.82, 2.24) is 0 Å². The Hall–Kier alpha value is -8.02. The first kappa shape index (κ1) is 43.1. The molecule has 3 N–H and O–H groups in total. The Labute approximate surface area is 349 Å². The molecule has 0 aliphatic rings. The van der Waals surface area contributed by atoms with Crippen LogP contribution >= 0.6 is 11.6 Å². The molecule has 15 heteroatoms. The number of carbonyl (C=O) groups is 3. The molecule has 14 nitrogen and oxygen atoms in total. The van der Waals surface area contributed by atoms with Crippen molar-refractivity contribution in [3.8, 4) is 75.1 Å². The van der Waals surface area contributed by atoms with Gasteiger partial charge in [-0.05, 0) is 91.0 Å². The second-order valence-electron chi connectivity index (χ2n) is 12.0. The third kappa shape index (κ3) is 10.9. The van der Waals surface area contributed by atoms with Gasteiger partial charge in [-0.3, -0.25) is 14.6 Å². The fraction of sp³-hybridized carbons (Fsp3) is 0.0889. The molecule has 0 fully saturated rings. The average Bonchev–Trinajstić information content (AvgIpc) is 3.27. The van der Waals surface area contributed by atoms with Crippen LogP contribution in [0.3, 0.4) is 0 Å². The number of ether oxygens (including phenoxy) is 6. The molecule has 1 amide bonds. The van der Waals surface area contributed by atoms with Crippen LogP contribution in [-0.4, -0.2) is 57.3 Å². The van der Waals surface area contributed by atoms with E-state index in [1.807, 2.05) is 6.79 Å². The molecule has 0 radical (unpaired) electrons. The zero-order valence-electron chi connectivity index (χ0n) is 32.4. The molecule has 0 saturated heterocycles. The molecule has 0 atom stereocenters. The highest BCUT2D eigenvalue weighted by Gasteiger charge is 2.17.